The average molecular weight is 220 g/mol. The van der Waals surface area contributed by atoms with Gasteiger partial charge in [-0.05, 0) is 13.8 Å². The third-order valence-electron chi connectivity index (χ3n) is 2.71. The van der Waals surface area contributed by atoms with Crippen LogP contribution in [0.25, 0.3) is 0 Å². The van der Waals surface area contributed by atoms with Crippen molar-refractivity contribution in [3.05, 3.63) is 29.6 Å². The Balaban J connectivity index is 2.23. The van der Waals surface area contributed by atoms with E-state index in [0.717, 1.165) is 23.6 Å². The lowest BCUT2D eigenvalue weighted by Gasteiger charge is -2.05. The van der Waals surface area contributed by atoms with Crippen LogP contribution in [0.2, 0.25) is 0 Å². The van der Waals surface area contributed by atoms with Gasteiger partial charge in [0.05, 0.1) is 6.20 Å². The maximum Gasteiger partial charge on any atom is 0.148 e. The minimum absolute atomic E-state index is 0.520. The number of nitrogens with zero attached hydrogens (tertiary/aromatic N) is 5. The fourth-order valence-electron chi connectivity index (χ4n) is 1.65. The molecule has 2 aromatic rings. The first-order valence-electron chi connectivity index (χ1n) is 5.34. The van der Waals surface area contributed by atoms with Crippen LogP contribution in [0.5, 0.6) is 0 Å². The maximum absolute atomic E-state index is 5.61. The molecule has 2 rings (SSSR count). The number of nitrogens with two attached hydrogens (primary N) is 1. The fourth-order valence-corrected chi connectivity index (χ4v) is 1.65. The second-order valence-electron chi connectivity index (χ2n) is 3.61. The predicted octanol–water partition coefficient (Wildman–Crippen LogP) is 0.310. The molecule has 0 aliphatic carbocycles. The minimum atomic E-state index is 0.520. The van der Waals surface area contributed by atoms with E-state index in [4.69, 9.17) is 5.73 Å². The van der Waals surface area contributed by atoms with Gasteiger partial charge in [0.1, 0.15) is 18.7 Å². The Bertz CT molecular complexity index is 469. The van der Waals surface area contributed by atoms with Crippen LogP contribution < -0.4 is 5.73 Å². The molecular weight excluding hydrogens is 204 g/mol. The van der Waals surface area contributed by atoms with E-state index in [0.29, 0.717) is 13.1 Å². The van der Waals surface area contributed by atoms with Crippen LogP contribution in [0.3, 0.4) is 0 Å². The number of hydrogen-bond acceptors (Lipinski definition) is 4. The molecule has 0 radical (unpaired) electrons. The number of aryl methyl sites for hydroxylation is 1. The lowest BCUT2D eigenvalue weighted by molar-refractivity contribution is 0.560. The molecule has 0 atom stereocenters. The summed E-state index contributed by atoms with van der Waals surface area (Å²) in [5.74, 6) is 0.914. The molecule has 0 amide bonds. The highest BCUT2D eigenvalue weighted by atomic mass is 15.4. The zero-order chi connectivity index (χ0) is 11.5. The Hall–Kier alpha value is -1.69. The molecule has 0 aliphatic heterocycles. The summed E-state index contributed by atoms with van der Waals surface area (Å²) in [6, 6.07) is 0. The zero-order valence-electron chi connectivity index (χ0n) is 9.59. The number of rotatable bonds is 4. The SMILES string of the molecule is CCn1ncnc1Cn1ncc(CN)c1C. The van der Waals surface area contributed by atoms with Crippen molar-refractivity contribution >= 4 is 0 Å². The summed E-state index contributed by atoms with van der Waals surface area (Å²) in [6.07, 6.45) is 3.38. The lowest BCUT2D eigenvalue weighted by atomic mass is 10.3. The monoisotopic (exact) mass is 220 g/mol. The van der Waals surface area contributed by atoms with Crippen LogP contribution in [0.4, 0.5) is 0 Å². The highest BCUT2D eigenvalue weighted by Crippen LogP contribution is 2.08. The third-order valence-corrected chi connectivity index (χ3v) is 2.71. The van der Waals surface area contributed by atoms with Crippen molar-refractivity contribution in [2.45, 2.75) is 33.5 Å². The van der Waals surface area contributed by atoms with Crippen LogP contribution in [0.15, 0.2) is 12.5 Å². The molecule has 6 heteroatoms. The summed E-state index contributed by atoms with van der Waals surface area (Å²) in [4.78, 5) is 4.22. The van der Waals surface area contributed by atoms with E-state index >= 15 is 0 Å². The van der Waals surface area contributed by atoms with Gasteiger partial charge >= 0.3 is 0 Å². The molecule has 2 aromatic heterocycles. The Morgan fingerprint density at radius 1 is 1.31 bits per heavy atom. The van der Waals surface area contributed by atoms with Gasteiger partial charge in [-0.2, -0.15) is 10.2 Å². The van der Waals surface area contributed by atoms with Crippen LogP contribution in [-0.2, 0) is 19.6 Å². The Morgan fingerprint density at radius 2 is 2.12 bits per heavy atom. The zero-order valence-corrected chi connectivity index (χ0v) is 9.59. The highest BCUT2D eigenvalue weighted by Gasteiger charge is 2.08. The average Bonchev–Trinajstić information content (AvgIpc) is 2.87. The molecule has 0 saturated heterocycles. The van der Waals surface area contributed by atoms with Crippen molar-refractivity contribution in [3.8, 4) is 0 Å². The summed E-state index contributed by atoms with van der Waals surface area (Å²) in [5, 5.41) is 8.42. The van der Waals surface area contributed by atoms with E-state index in [2.05, 4.69) is 15.2 Å². The smallest absolute Gasteiger partial charge is 0.148 e. The van der Waals surface area contributed by atoms with Gasteiger partial charge in [-0.3, -0.25) is 4.68 Å². The number of hydrogen-bond donors (Lipinski definition) is 1. The molecule has 0 saturated carbocycles. The van der Waals surface area contributed by atoms with Crippen molar-refractivity contribution < 1.29 is 0 Å². The predicted molar refractivity (Wildman–Crippen MR) is 59.7 cm³/mol. The first-order valence-corrected chi connectivity index (χ1v) is 5.34. The third kappa shape index (κ3) is 1.83. The molecule has 0 unspecified atom stereocenters. The standard InChI is InChI=1S/C10H16N6/c1-3-15-10(12-7-14-15)6-16-8(2)9(4-11)5-13-16/h5,7H,3-4,6,11H2,1-2H3. The first-order chi connectivity index (χ1) is 7.76. The summed E-state index contributed by atoms with van der Waals surface area (Å²) in [6.45, 7) is 6.03. The largest absolute Gasteiger partial charge is 0.326 e. The van der Waals surface area contributed by atoms with Gasteiger partial charge in [-0.15, -0.1) is 0 Å². The quantitative estimate of drug-likeness (QED) is 0.804. The van der Waals surface area contributed by atoms with E-state index in [1.807, 2.05) is 29.4 Å². The Kier molecular flexibility index (Phi) is 3.00. The van der Waals surface area contributed by atoms with Crippen molar-refractivity contribution in [2.24, 2.45) is 5.73 Å². The molecular formula is C10H16N6. The summed E-state index contributed by atoms with van der Waals surface area (Å²) in [5.41, 5.74) is 7.77. The molecule has 2 N–H and O–H groups in total. The van der Waals surface area contributed by atoms with Crippen LogP contribution in [-0.4, -0.2) is 24.5 Å². The first kappa shape index (κ1) is 10.8. The van der Waals surface area contributed by atoms with E-state index in [1.54, 1.807) is 6.33 Å². The van der Waals surface area contributed by atoms with Gasteiger partial charge in [0, 0.05) is 24.3 Å². The molecule has 0 aliphatic rings. The molecule has 6 nitrogen and oxygen atoms in total. The lowest BCUT2D eigenvalue weighted by Crippen LogP contribution is -2.11. The maximum atomic E-state index is 5.61. The van der Waals surface area contributed by atoms with Gasteiger partial charge in [0.2, 0.25) is 0 Å². The highest BCUT2D eigenvalue weighted by molar-refractivity contribution is 5.16. The molecule has 0 bridgehead atoms. The summed E-state index contributed by atoms with van der Waals surface area (Å²) < 4.78 is 3.77. The molecule has 0 fully saturated rings. The van der Waals surface area contributed by atoms with Gasteiger partial charge in [-0.25, -0.2) is 9.67 Å². The summed E-state index contributed by atoms with van der Waals surface area (Å²) >= 11 is 0. The van der Waals surface area contributed by atoms with Crippen molar-refractivity contribution in [1.29, 1.82) is 0 Å². The van der Waals surface area contributed by atoms with Crippen LogP contribution in [0, 0.1) is 6.92 Å². The van der Waals surface area contributed by atoms with E-state index in [9.17, 15) is 0 Å². The molecule has 2 heterocycles. The van der Waals surface area contributed by atoms with Crippen LogP contribution in [0.1, 0.15) is 24.0 Å². The van der Waals surface area contributed by atoms with Gasteiger partial charge < -0.3 is 5.73 Å². The van der Waals surface area contributed by atoms with E-state index in [-0.39, 0.29) is 0 Å². The molecule has 0 aromatic carbocycles. The van der Waals surface area contributed by atoms with E-state index < -0.39 is 0 Å². The van der Waals surface area contributed by atoms with Crippen LogP contribution >= 0.6 is 0 Å². The Labute approximate surface area is 94.1 Å². The second-order valence-corrected chi connectivity index (χ2v) is 3.61. The topological polar surface area (TPSA) is 74.5 Å². The van der Waals surface area contributed by atoms with Gasteiger partial charge in [-0.1, -0.05) is 0 Å². The van der Waals surface area contributed by atoms with Gasteiger partial charge in [0.15, 0.2) is 0 Å². The van der Waals surface area contributed by atoms with Crippen molar-refractivity contribution in [3.63, 3.8) is 0 Å². The molecule has 86 valence electrons. The molecule has 16 heavy (non-hydrogen) atoms. The van der Waals surface area contributed by atoms with E-state index in [1.165, 1.54) is 0 Å². The second kappa shape index (κ2) is 4.44. The normalized spacial score (nSPS) is 10.9. The van der Waals surface area contributed by atoms with Crippen molar-refractivity contribution in [1.82, 2.24) is 24.5 Å². The Morgan fingerprint density at radius 3 is 2.75 bits per heavy atom. The van der Waals surface area contributed by atoms with Crippen molar-refractivity contribution in [2.75, 3.05) is 0 Å². The minimum Gasteiger partial charge on any atom is -0.326 e. The summed E-state index contributed by atoms with van der Waals surface area (Å²) in [7, 11) is 0. The molecule has 0 spiro atoms. The van der Waals surface area contributed by atoms with Gasteiger partial charge in [0.25, 0.3) is 0 Å². The fraction of sp³-hybridized carbons (Fsp3) is 0.500. The number of aromatic nitrogens is 5.